The Morgan fingerprint density at radius 3 is 2.91 bits per heavy atom. The van der Waals surface area contributed by atoms with Gasteiger partial charge < -0.3 is 5.11 Å². The number of rotatable bonds is 1. The molecular weight excluding hydrogens is 142 g/mol. The van der Waals surface area contributed by atoms with Crippen LogP contribution in [0.1, 0.15) is 19.3 Å². The van der Waals surface area contributed by atoms with Crippen molar-refractivity contribution in [1.82, 2.24) is 4.90 Å². The zero-order chi connectivity index (χ0) is 7.84. The summed E-state index contributed by atoms with van der Waals surface area (Å²) < 4.78 is 0. The minimum absolute atomic E-state index is 0.0718. The van der Waals surface area contributed by atoms with Gasteiger partial charge in [0.1, 0.15) is 0 Å². The normalized spacial score (nSPS) is 37.5. The predicted molar refractivity (Wildman–Crippen MR) is 40.3 cm³/mol. The van der Waals surface area contributed by atoms with Crippen molar-refractivity contribution in [2.24, 2.45) is 5.92 Å². The van der Waals surface area contributed by atoms with Gasteiger partial charge >= 0.3 is 5.97 Å². The van der Waals surface area contributed by atoms with E-state index in [0.29, 0.717) is 6.04 Å². The fourth-order valence-corrected chi connectivity index (χ4v) is 2.37. The Labute approximate surface area is 66.0 Å². The lowest BCUT2D eigenvalue weighted by molar-refractivity contribution is -0.142. The second-order valence-corrected chi connectivity index (χ2v) is 3.48. The van der Waals surface area contributed by atoms with Gasteiger partial charge in [-0.15, -0.1) is 0 Å². The number of carboxylic acid groups (broad SMARTS) is 1. The molecular formula is C8H13NO2. The first kappa shape index (κ1) is 7.10. The van der Waals surface area contributed by atoms with E-state index < -0.39 is 5.97 Å². The highest BCUT2D eigenvalue weighted by atomic mass is 16.4. The van der Waals surface area contributed by atoms with Crippen molar-refractivity contribution >= 4 is 5.97 Å². The van der Waals surface area contributed by atoms with E-state index in [4.69, 9.17) is 5.11 Å². The van der Waals surface area contributed by atoms with E-state index in [1.807, 2.05) is 0 Å². The molecule has 62 valence electrons. The van der Waals surface area contributed by atoms with Crippen LogP contribution in [0.15, 0.2) is 0 Å². The van der Waals surface area contributed by atoms with Crippen molar-refractivity contribution in [3.8, 4) is 0 Å². The van der Waals surface area contributed by atoms with Crippen LogP contribution in [0.5, 0.6) is 0 Å². The number of hydrogen-bond acceptors (Lipinski definition) is 2. The average molecular weight is 155 g/mol. The number of fused-ring (bicyclic) bond motifs is 1. The third kappa shape index (κ3) is 1.03. The highest BCUT2D eigenvalue weighted by Crippen LogP contribution is 2.32. The van der Waals surface area contributed by atoms with Gasteiger partial charge in [-0.25, -0.2) is 0 Å². The average Bonchev–Trinajstić information content (AvgIpc) is 2.41. The van der Waals surface area contributed by atoms with Gasteiger partial charge in [0, 0.05) is 6.04 Å². The number of carbonyl (C=O) groups is 1. The quantitative estimate of drug-likeness (QED) is 0.601. The lowest BCUT2D eigenvalue weighted by Gasteiger charge is -2.16. The molecule has 0 amide bonds. The van der Waals surface area contributed by atoms with Crippen LogP contribution in [-0.4, -0.2) is 35.1 Å². The zero-order valence-corrected chi connectivity index (χ0v) is 6.49. The summed E-state index contributed by atoms with van der Waals surface area (Å²) in [6.45, 7) is 2.12. The minimum atomic E-state index is -0.598. The smallest absolute Gasteiger partial charge is 0.308 e. The fraction of sp³-hybridized carbons (Fsp3) is 0.875. The molecule has 0 aromatic rings. The Hall–Kier alpha value is -0.570. The minimum Gasteiger partial charge on any atom is -0.481 e. The van der Waals surface area contributed by atoms with Gasteiger partial charge in [0.2, 0.25) is 0 Å². The van der Waals surface area contributed by atoms with E-state index in [1.165, 1.54) is 6.42 Å². The number of hydrogen-bond donors (Lipinski definition) is 1. The van der Waals surface area contributed by atoms with E-state index in [0.717, 1.165) is 25.9 Å². The second-order valence-electron chi connectivity index (χ2n) is 3.48. The fourth-order valence-electron chi connectivity index (χ4n) is 2.37. The summed E-state index contributed by atoms with van der Waals surface area (Å²) in [5.41, 5.74) is 0. The zero-order valence-electron chi connectivity index (χ0n) is 6.49. The molecule has 2 fully saturated rings. The number of carboxylic acids is 1. The molecule has 0 aliphatic carbocycles. The Kier molecular flexibility index (Phi) is 1.60. The Balaban J connectivity index is 2.08. The summed E-state index contributed by atoms with van der Waals surface area (Å²) >= 11 is 0. The summed E-state index contributed by atoms with van der Waals surface area (Å²) in [5, 5.41) is 8.83. The van der Waals surface area contributed by atoms with E-state index in [1.54, 1.807) is 0 Å². The molecule has 2 aliphatic heterocycles. The van der Waals surface area contributed by atoms with Crippen LogP contribution < -0.4 is 0 Å². The molecule has 0 spiro atoms. The lowest BCUT2D eigenvalue weighted by atomic mass is 9.99. The monoisotopic (exact) mass is 155 g/mol. The maximum atomic E-state index is 10.7. The topological polar surface area (TPSA) is 40.5 Å². The van der Waals surface area contributed by atoms with Crippen molar-refractivity contribution in [2.75, 3.05) is 13.1 Å². The van der Waals surface area contributed by atoms with Crippen molar-refractivity contribution < 1.29 is 9.90 Å². The maximum absolute atomic E-state index is 10.7. The summed E-state index contributed by atoms with van der Waals surface area (Å²) in [5.74, 6) is -0.670. The van der Waals surface area contributed by atoms with Crippen LogP contribution in [0.2, 0.25) is 0 Å². The third-order valence-electron chi connectivity index (χ3n) is 2.92. The van der Waals surface area contributed by atoms with Crippen LogP contribution in [-0.2, 0) is 4.79 Å². The second kappa shape index (κ2) is 2.48. The van der Waals surface area contributed by atoms with E-state index in [-0.39, 0.29) is 5.92 Å². The molecule has 3 heteroatoms. The largest absolute Gasteiger partial charge is 0.481 e. The van der Waals surface area contributed by atoms with Gasteiger partial charge in [-0.1, -0.05) is 0 Å². The molecule has 0 aromatic carbocycles. The molecule has 11 heavy (non-hydrogen) atoms. The van der Waals surface area contributed by atoms with Crippen molar-refractivity contribution in [2.45, 2.75) is 25.3 Å². The van der Waals surface area contributed by atoms with Crippen molar-refractivity contribution in [3.05, 3.63) is 0 Å². The lowest BCUT2D eigenvalue weighted by Crippen LogP contribution is -2.29. The first-order valence-corrected chi connectivity index (χ1v) is 4.26. The predicted octanol–water partition coefficient (Wildman–Crippen LogP) is 0.555. The first-order valence-electron chi connectivity index (χ1n) is 4.26. The Bertz CT molecular complexity index is 181. The van der Waals surface area contributed by atoms with Crippen LogP contribution in [0, 0.1) is 5.92 Å². The van der Waals surface area contributed by atoms with E-state index >= 15 is 0 Å². The van der Waals surface area contributed by atoms with Crippen molar-refractivity contribution in [3.63, 3.8) is 0 Å². The molecule has 0 aromatic heterocycles. The van der Waals surface area contributed by atoms with Crippen LogP contribution in [0.25, 0.3) is 0 Å². The van der Waals surface area contributed by atoms with Gasteiger partial charge in [-0.2, -0.15) is 0 Å². The molecule has 2 atom stereocenters. The van der Waals surface area contributed by atoms with Crippen LogP contribution in [0.3, 0.4) is 0 Å². The van der Waals surface area contributed by atoms with E-state index in [9.17, 15) is 4.79 Å². The standard InChI is InChI=1S/C8H13NO2/c10-8(11)6-3-5-9-4-1-2-7(6)9/h6-7H,1-5H2,(H,10,11). The molecule has 2 heterocycles. The molecule has 2 aliphatic rings. The SMILES string of the molecule is O=C(O)C1CCN2CCCC12. The van der Waals surface area contributed by atoms with Gasteiger partial charge in [0.05, 0.1) is 5.92 Å². The Morgan fingerprint density at radius 2 is 2.18 bits per heavy atom. The molecule has 3 nitrogen and oxygen atoms in total. The number of nitrogens with zero attached hydrogens (tertiary/aromatic N) is 1. The summed E-state index contributed by atoms with van der Waals surface area (Å²) in [7, 11) is 0. The first-order chi connectivity index (χ1) is 5.29. The summed E-state index contributed by atoms with van der Waals surface area (Å²) in [6.07, 6.45) is 3.14. The molecule has 0 saturated carbocycles. The molecule has 2 rings (SSSR count). The molecule has 2 saturated heterocycles. The Morgan fingerprint density at radius 1 is 1.36 bits per heavy atom. The highest BCUT2D eigenvalue weighted by Gasteiger charge is 2.40. The maximum Gasteiger partial charge on any atom is 0.308 e. The van der Waals surface area contributed by atoms with Crippen LogP contribution >= 0.6 is 0 Å². The molecule has 0 bridgehead atoms. The molecule has 1 N–H and O–H groups in total. The number of aliphatic carboxylic acids is 1. The summed E-state index contributed by atoms with van der Waals surface area (Å²) in [4.78, 5) is 13.0. The van der Waals surface area contributed by atoms with Gasteiger partial charge in [-0.3, -0.25) is 9.69 Å². The third-order valence-corrected chi connectivity index (χ3v) is 2.92. The highest BCUT2D eigenvalue weighted by molar-refractivity contribution is 5.71. The van der Waals surface area contributed by atoms with Crippen LogP contribution in [0.4, 0.5) is 0 Å². The van der Waals surface area contributed by atoms with Gasteiger partial charge in [0.15, 0.2) is 0 Å². The molecule has 2 unspecified atom stereocenters. The van der Waals surface area contributed by atoms with E-state index in [2.05, 4.69) is 4.90 Å². The summed E-state index contributed by atoms with van der Waals surface area (Å²) in [6, 6.07) is 0.368. The van der Waals surface area contributed by atoms with Gasteiger partial charge in [0.25, 0.3) is 0 Å². The molecule has 0 radical (unpaired) electrons. The van der Waals surface area contributed by atoms with Gasteiger partial charge in [-0.05, 0) is 32.4 Å². The van der Waals surface area contributed by atoms with Crippen molar-refractivity contribution in [1.29, 1.82) is 0 Å².